The van der Waals surface area contributed by atoms with Gasteiger partial charge in [-0.15, -0.1) is 24.0 Å². The normalized spacial score (nSPS) is 12.5. The Balaban J connectivity index is 0.00000364. The van der Waals surface area contributed by atoms with Crippen molar-refractivity contribution in [2.75, 3.05) is 7.05 Å². The van der Waals surface area contributed by atoms with Crippen molar-refractivity contribution in [3.05, 3.63) is 50.8 Å². The van der Waals surface area contributed by atoms with Gasteiger partial charge >= 0.3 is 0 Å². The number of aromatic nitrogens is 2. The van der Waals surface area contributed by atoms with Crippen molar-refractivity contribution >= 4 is 53.1 Å². The van der Waals surface area contributed by atoms with Crippen LogP contribution in [0.4, 0.5) is 0 Å². The SMILES string of the molecule is CCc1nn(C)c(CC)c1CNC(=NC)NC(C)c1ccc(Cl)c(Cl)c1.I. The molecule has 8 heteroatoms. The van der Waals surface area contributed by atoms with Crippen molar-refractivity contribution in [3.63, 3.8) is 0 Å². The first kappa shape index (κ1) is 24.0. The van der Waals surface area contributed by atoms with E-state index in [1.807, 2.05) is 29.9 Å². The summed E-state index contributed by atoms with van der Waals surface area (Å²) in [6.45, 7) is 7.03. The van der Waals surface area contributed by atoms with Gasteiger partial charge in [0, 0.05) is 31.9 Å². The Kier molecular flexibility index (Phi) is 9.90. The molecule has 2 N–H and O–H groups in total. The lowest BCUT2D eigenvalue weighted by Gasteiger charge is -2.19. The van der Waals surface area contributed by atoms with E-state index in [-0.39, 0.29) is 30.0 Å². The summed E-state index contributed by atoms with van der Waals surface area (Å²) in [5, 5.41) is 12.5. The van der Waals surface area contributed by atoms with E-state index < -0.39 is 0 Å². The first-order valence-corrected chi connectivity index (χ1v) is 9.62. The minimum Gasteiger partial charge on any atom is -0.352 e. The number of hydrogen-bond acceptors (Lipinski definition) is 2. The minimum absolute atomic E-state index is 0. The van der Waals surface area contributed by atoms with E-state index in [2.05, 4.69) is 41.5 Å². The Hall–Kier alpha value is -0.990. The van der Waals surface area contributed by atoms with Gasteiger partial charge in [0.05, 0.1) is 21.8 Å². The van der Waals surface area contributed by atoms with Gasteiger partial charge in [0.2, 0.25) is 0 Å². The van der Waals surface area contributed by atoms with Crippen LogP contribution in [0.2, 0.25) is 10.0 Å². The van der Waals surface area contributed by atoms with Crippen LogP contribution in [-0.2, 0) is 26.4 Å². The van der Waals surface area contributed by atoms with Crippen LogP contribution in [0.15, 0.2) is 23.2 Å². The summed E-state index contributed by atoms with van der Waals surface area (Å²) in [5.74, 6) is 0.733. The van der Waals surface area contributed by atoms with Crippen molar-refractivity contribution < 1.29 is 0 Å². The number of aliphatic imine (C=N–C) groups is 1. The molecule has 0 spiro atoms. The molecular weight excluding hydrogens is 496 g/mol. The van der Waals surface area contributed by atoms with Gasteiger partial charge in [0.15, 0.2) is 5.96 Å². The lowest BCUT2D eigenvalue weighted by molar-refractivity contribution is 0.681. The molecule has 27 heavy (non-hydrogen) atoms. The standard InChI is InChI=1S/C19H27Cl2N5.HI/c1-6-17-14(18(7-2)26(5)25-17)11-23-19(22-4)24-12(3)13-8-9-15(20)16(21)10-13;/h8-10,12H,6-7,11H2,1-5H3,(H2,22,23,24);1H. The monoisotopic (exact) mass is 523 g/mol. The summed E-state index contributed by atoms with van der Waals surface area (Å²) >= 11 is 12.1. The fourth-order valence-corrected chi connectivity index (χ4v) is 3.34. The Labute approximate surface area is 188 Å². The minimum atomic E-state index is 0. The lowest BCUT2D eigenvalue weighted by atomic mass is 10.1. The molecule has 5 nitrogen and oxygen atoms in total. The van der Waals surface area contributed by atoms with Crippen molar-refractivity contribution in [1.82, 2.24) is 20.4 Å². The zero-order valence-corrected chi connectivity index (χ0v) is 20.3. The van der Waals surface area contributed by atoms with Crippen LogP contribution in [-0.4, -0.2) is 22.8 Å². The molecule has 0 bridgehead atoms. The van der Waals surface area contributed by atoms with Gasteiger partial charge in [0.1, 0.15) is 0 Å². The molecule has 0 fully saturated rings. The summed E-state index contributed by atoms with van der Waals surface area (Å²) < 4.78 is 1.98. The number of benzene rings is 1. The fourth-order valence-electron chi connectivity index (χ4n) is 3.03. The molecule has 0 radical (unpaired) electrons. The summed E-state index contributed by atoms with van der Waals surface area (Å²) in [5.41, 5.74) is 4.68. The second-order valence-corrected chi connectivity index (χ2v) is 6.98. The summed E-state index contributed by atoms with van der Waals surface area (Å²) in [4.78, 5) is 4.33. The molecule has 1 aromatic heterocycles. The summed E-state index contributed by atoms with van der Waals surface area (Å²) in [6.07, 6.45) is 1.86. The highest BCUT2D eigenvalue weighted by molar-refractivity contribution is 14.0. The third kappa shape index (κ3) is 5.99. The first-order valence-electron chi connectivity index (χ1n) is 8.86. The van der Waals surface area contributed by atoms with E-state index in [4.69, 9.17) is 23.2 Å². The number of nitrogens with one attached hydrogen (secondary N) is 2. The Bertz CT molecular complexity index is 789. The number of rotatable bonds is 6. The molecule has 0 aliphatic carbocycles. The summed E-state index contributed by atoms with van der Waals surface area (Å²) in [7, 11) is 3.77. The first-order chi connectivity index (χ1) is 12.4. The van der Waals surface area contributed by atoms with Crippen molar-refractivity contribution in [2.45, 2.75) is 46.2 Å². The van der Waals surface area contributed by atoms with Crippen LogP contribution in [0, 0.1) is 0 Å². The van der Waals surface area contributed by atoms with Crippen molar-refractivity contribution in [3.8, 4) is 0 Å². The number of aryl methyl sites for hydroxylation is 2. The fraction of sp³-hybridized carbons (Fsp3) is 0.474. The van der Waals surface area contributed by atoms with Crippen LogP contribution in [0.3, 0.4) is 0 Å². The van der Waals surface area contributed by atoms with E-state index in [0.717, 1.165) is 30.1 Å². The zero-order valence-electron chi connectivity index (χ0n) is 16.4. The lowest BCUT2D eigenvalue weighted by Crippen LogP contribution is -2.38. The zero-order chi connectivity index (χ0) is 19.3. The van der Waals surface area contributed by atoms with Gasteiger partial charge in [-0.05, 0) is 37.5 Å². The van der Waals surface area contributed by atoms with Crippen LogP contribution >= 0.6 is 47.2 Å². The molecule has 2 aromatic rings. The molecule has 0 aliphatic heterocycles. The Morgan fingerprint density at radius 2 is 1.93 bits per heavy atom. The largest absolute Gasteiger partial charge is 0.352 e. The third-order valence-corrected chi connectivity index (χ3v) is 5.22. The maximum Gasteiger partial charge on any atom is 0.191 e. The molecule has 1 unspecified atom stereocenters. The van der Waals surface area contributed by atoms with Crippen LogP contribution in [0.5, 0.6) is 0 Å². The molecular formula is C19H28Cl2IN5. The van der Waals surface area contributed by atoms with Gasteiger partial charge in [-0.2, -0.15) is 5.10 Å². The quantitative estimate of drug-likeness (QED) is 0.322. The van der Waals surface area contributed by atoms with Gasteiger partial charge in [0.25, 0.3) is 0 Å². The van der Waals surface area contributed by atoms with Crippen molar-refractivity contribution in [1.29, 1.82) is 0 Å². The number of hydrogen-bond donors (Lipinski definition) is 2. The van der Waals surface area contributed by atoms with E-state index in [1.54, 1.807) is 7.05 Å². The molecule has 2 rings (SSSR count). The van der Waals surface area contributed by atoms with Crippen molar-refractivity contribution in [2.24, 2.45) is 12.0 Å². The second-order valence-electron chi connectivity index (χ2n) is 6.17. The average Bonchev–Trinajstić information content (AvgIpc) is 2.95. The number of nitrogens with zero attached hydrogens (tertiary/aromatic N) is 3. The van der Waals surface area contributed by atoms with E-state index in [0.29, 0.717) is 16.6 Å². The van der Waals surface area contributed by atoms with Gasteiger partial charge in [-0.1, -0.05) is 43.1 Å². The maximum absolute atomic E-state index is 6.12. The van der Waals surface area contributed by atoms with Gasteiger partial charge in [-0.25, -0.2) is 0 Å². The predicted octanol–water partition coefficient (Wildman–Crippen LogP) is 4.90. The number of halogens is 3. The topological polar surface area (TPSA) is 54.2 Å². The molecule has 0 aliphatic rings. The Morgan fingerprint density at radius 1 is 1.22 bits per heavy atom. The van der Waals surface area contributed by atoms with E-state index in [1.165, 1.54) is 11.3 Å². The van der Waals surface area contributed by atoms with Crippen LogP contribution in [0.25, 0.3) is 0 Å². The smallest absolute Gasteiger partial charge is 0.191 e. The van der Waals surface area contributed by atoms with E-state index >= 15 is 0 Å². The molecule has 1 atom stereocenters. The maximum atomic E-state index is 6.12. The van der Waals surface area contributed by atoms with Crippen LogP contribution < -0.4 is 10.6 Å². The Morgan fingerprint density at radius 3 is 2.48 bits per heavy atom. The van der Waals surface area contributed by atoms with Gasteiger partial charge < -0.3 is 10.6 Å². The number of guanidine groups is 1. The second kappa shape index (κ2) is 11.1. The molecule has 0 amide bonds. The van der Waals surface area contributed by atoms with Gasteiger partial charge in [-0.3, -0.25) is 9.67 Å². The summed E-state index contributed by atoms with van der Waals surface area (Å²) in [6, 6.07) is 5.69. The molecule has 0 saturated carbocycles. The third-order valence-electron chi connectivity index (χ3n) is 4.48. The van der Waals surface area contributed by atoms with E-state index in [9.17, 15) is 0 Å². The van der Waals surface area contributed by atoms with Crippen LogP contribution in [0.1, 0.15) is 49.3 Å². The molecule has 1 aromatic carbocycles. The molecule has 150 valence electrons. The molecule has 0 saturated heterocycles. The highest BCUT2D eigenvalue weighted by atomic mass is 127. The molecule has 1 heterocycles. The highest BCUT2D eigenvalue weighted by Crippen LogP contribution is 2.25. The average molecular weight is 524 g/mol. The highest BCUT2D eigenvalue weighted by Gasteiger charge is 2.15. The predicted molar refractivity (Wildman–Crippen MR) is 126 cm³/mol.